The largest absolute Gasteiger partial charge is 0.345 e. The van der Waals surface area contributed by atoms with Gasteiger partial charge in [-0.25, -0.2) is 9.18 Å². The SMILES string of the molecule is CC(C)CN(Cc1cccn1Cc1cccc(F)c1)C(=O)NC(C)(C)C. The molecule has 1 aromatic heterocycles. The Hall–Kier alpha value is -2.30. The van der Waals surface area contributed by atoms with Crippen molar-refractivity contribution in [3.05, 3.63) is 59.7 Å². The quantitative estimate of drug-likeness (QED) is 0.801. The molecule has 0 aliphatic carbocycles. The van der Waals surface area contributed by atoms with Gasteiger partial charge in [0.05, 0.1) is 6.54 Å². The summed E-state index contributed by atoms with van der Waals surface area (Å²) in [4.78, 5) is 14.5. The van der Waals surface area contributed by atoms with E-state index in [0.717, 1.165) is 11.3 Å². The van der Waals surface area contributed by atoms with Gasteiger partial charge in [-0.15, -0.1) is 0 Å². The number of benzene rings is 1. The number of aromatic nitrogens is 1. The smallest absolute Gasteiger partial charge is 0.318 e. The molecule has 1 heterocycles. The lowest BCUT2D eigenvalue weighted by Gasteiger charge is -2.30. The molecule has 0 saturated carbocycles. The molecule has 0 spiro atoms. The Morgan fingerprint density at radius 2 is 1.96 bits per heavy atom. The maximum Gasteiger partial charge on any atom is 0.318 e. The van der Waals surface area contributed by atoms with Gasteiger partial charge in [-0.1, -0.05) is 26.0 Å². The first-order chi connectivity index (χ1) is 12.1. The van der Waals surface area contributed by atoms with Crippen molar-refractivity contribution >= 4 is 6.03 Å². The zero-order chi connectivity index (χ0) is 19.3. The molecule has 26 heavy (non-hydrogen) atoms. The lowest BCUT2D eigenvalue weighted by atomic mass is 10.1. The van der Waals surface area contributed by atoms with E-state index in [1.165, 1.54) is 6.07 Å². The van der Waals surface area contributed by atoms with Crippen molar-refractivity contribution in [2.45, 2.75) is 53.2 Å². The fourth-order valence-electron chi connectivity index (χ4n) is 2.83. The predicted molar refractivity (Wildman–Crippen MR) is 103 cm³/mol. The zero-order valence-corrected chi connectivity index (χ0v) is 16.4. The van der Waals surface area contributed by atoms with Crippen molar-refractivity contribution in [1.29, 1.82) is 0 Å². The molecule has 1 aromatic carbocycles. The van der Waals surface area contributed by atoms with E-state index in [-0.39, 0.29) is 17.4 Å². The van der Waals surface area contributed by atoms with E-state index >= 15 is 0 Å². The van der Waals surface area contributed by atoms with Crippen LogP contribution in [-0.2, 0) is 13.1 Å². The fourth-order valence-corrected chi connectivity index (χ4v) is 2.83. The minimum absolute atomic E-state index is 0.0651. The van der Waals surface area contributed by atoms with Crippen molar-refractivity contribution in [2.24, 2.45) is 5.92 Å². The predicted octanol–water partition coefficient (Wildman–Crippen LogP) is 4.64. The summed E-state index contributed by atoms with van der Waals surface area (Å²) in [6.45, 7) is 11.9. The third-order valence-corrected chi connectivity index (χ3v) is 3.87. The summed E-state index contributed by atoms with van der Waals surface area (Å²) < 4.78 is 15.5. The molecule has 0 aliphatic rings. The van der Waals surface area contributed by atoms with Gasteiger partial charge in [-0.2, -0.15) is 0 Å². The van der Waals surface area contributed by atoms with E-state index in [9.17, 15) is 9.18 Å². The molecular formula is C21H30FN3O. The van der Waals surface area contributed by atoms with Crippen LogP contribution in [0.2, 0.25) is 0 Å². The van der Waals surface area contributed by atoms with Crippen LogP contribution in [0.4, 0.5) is 9.18 Å². The van der Waals surface area contributed by atoms with Gasteiger partial charge in [0, 0.05) is 30.5 Å². The van der Waals surface area contributed by atoms with Crippen molar-refractivity contribution < 1.29 is 9.18 Å². The van der Waals surface area contributed by atoms with Crippen molar-refractivity contribution in [3.63, 3.8) is 0 Å². The molecule has 1 N–H and O–H groups in total. The first kappa shape index (κ1) is 20.0. The number of nitrogens with zero attached hydrogens (tertiary/aromatic N) is 2. The van der Waals surface area contributed by atoms with Gasteiger partial charge in [0.25, 0.3) is 0 Å². The normalized spacial score (nSPS) is 11.7. The molecule has 0 radical (unpaired) electrons. The molecule has 2 aromatic rings. The van der Waals surface area contributed by atoms with Gasteiger partial charge < -0.3 is 14.8 Å². The van der Waals surface area contributed by atoms with Crippen LogP contribution in [0.1, 0.15) is 45.9 Å². The average molecular weight is 359 g/mol. The zero-order valence-electron chi connectivity index (χ0n) is 16.4. The second-order valence-electron chi connectivity index (χ2n) is 8.21. The molecule has 142 valence electrons. The third kappa shape index (κ3) is 6.21. The van der Waals surface area contributed by atoms with Gasteiger partial charge in [0.2, 0.25) is 0 Å². The van der Waals surface area contributed by atoms with Gasteiger partial charge in [0.1, 0.15) is 5.82 Å². The van der Waals surface area contributed by atoms with Crippen LogP contribution in [0, 0.1) is 11.7 Å². The third-order valence-electron chi connectivity index (χ3n) is 3.87. The number of rotatable bonds is 6. The maximum atomic E-state index is 13.4. The van der Waals surface area contributed by atoms with Crippen LogP contribution in [0.25, 0.3) is 0 Å². The van der Waals surface area contributed by atoms with E-state index in [4.69, 9.17) is 0 Å². The van der Waals surface area contributed by atoms with Crippen molar-refractivity contribution in [2.75, 3.05) is 6.54 Å². The second-order valence-corrected chi connectivity index (χ2v) is 8.21. The van der Waals surface area contributed by atoms with Crippen molar-refractivity contribution in [3.8, 4) is 0 Å². The molecule has 0 fully saturated rings. The Morgan fingerprint density at radius 3 is 2.58 bits per heavy atom. The Bertz CT molecular complexity index is 731. The first-order valence-corrected chi connectivity index (χ1v) is 9.09. The number of carbonyl (C=O) groups excluding carboxylic acids is 1. The Kier molecular flexibility index (Phi) is 6.46. The monoisotopic (exact) mass is 359 g/mol. The van der Waals surface area contributed by atoms with Gasteiger partial charge in [-0.05, 0) is 56.5 Å². The van der Waals surface area contributed by atoms with Crippen LogP contribution in [0.5, 0.6) is 0 Å². The van der Waals surface area contributed by atoms with Crippen LogP contribution < -0.4 is 5.32 Å². The van der Waals surface area contributed by atoms with Crippen LogP contribution in [0.15, 0.2) is 42.6 Å². The molecule has 0 unspecified atom stereocenters. The van der Waals surface area contributed by atoms with Gasteiger partial charge >= 0.3 is 6.03 Å². The van der Waals surface area contributed by atoms with Crippen molar-refractivity contribution in [1.82, 2.24) is 14.8 Å². The highest BCUT2D eigenvalue weighted by Gasteiger charge is 2.21. The summed E-state index contributed by atoms with van der Waals surface area (Å²) in [6, 6.07) is 10.5. The Labute approximate surface area is 156 Å². The molecule has 0 bridgehead atoms. The van der Waals surface area contributed by atoms with E-state index < -0.39 is 0 Å². The number of nitrogens with one attached hydrogen (secondary N) is 1. The van der Waals surface area contributed by atoms with E-state index in [0.29, 0.717) is 25.6 Å². The lowest BCUT2D eigenvalue weighted by molar-refractivity contribution is 0.177. The number of amides is 2. The highest BCUT2D eigenvalue weighted by molar-refractivity contribution is 5.74. The molecule has 0 aliphatic heterocycles. The topological polar surface area (TPSA) is 37.3 Å². The molecular weight excluding hydrogens is 329 g/mol. The molecule has 5 heteroatoms. The van der Waals surface area contributed by atoms with Gasteiger partial charge in [0.15, 0.2) is 0 Å². The molecule has 2 rings (SSSR count). The number of carbonyl (C=O) groups is 1. The van der Waals surface area contributed by atoms with Crippen LogP contribution in [-0.4, -0.2) is 27.6 Å². The standard InChI is InChI=1S/C21H30FN3O/c1-16(2)13-25(20(26)23-21(3,4)5)15-19-10-7-11-24(19)14-17-8-6-9-18(22)12-17/h6-12,16H,13-15H2,1-5H3,(H,23,26). The summed E-state index contributed by atoms with van der Waals surface area (Å²) in [5, 5.41) is 3.04. The first-order valence-electron chi connectivity index (χ1n) is 9.09. The molecule has 4 nitrogen and oxygen atoms in total. The molecule has 0 saturated heterocycles. The maximum absolute atomic E-state index is 13.4. The minimum atomic E-state index is -0.282. The Morgan fingerprint density at radius 1 is 1.23 bits per heavy atom. The van der Waals surface area contributed by atoms with Gasteiger partial charge in [-0.3, -0.25) is 0 Å². The van der Waals surface area contributed by atoms with Crippen LogP contribution in [0.3, 0.4) is 0 Å². The fraction of sp³-hybridized carbons (Fsp3) is 0.476. The summed E-state index contributed by atoms with van der Waals surface area (Å²) in [5.41, 5.74) is 1.64. The summed E-state index contributed by atoms with van der Waals surface area (Å²) in [7, 11) is 0. The number of hydrogen-bond donors (Lipinski definition) is 1. The van der Waals surface area contributed by atoms with E-state index in [1.807, 2.05) is 50.1 Å². The highest BCUT2D eigenvalue weighted by Crippen LogP contribution is 2.14. The number of halogens is 1. The molecule has 0 atom stereocenters. The molecule has 2 amide bonds. The van der Waals surface area contributed by atoms with E-state index in [1.54, 1.807) is 12.1 Å². The van der Waals surface area contributed by atoms with Crippen LogP contribution >= 0.6 is 0 Å². The summed E-state index contributed by atoms with van der Waals surface area (Å²) in [5.74, 6) is 0.134. The summed E-state index contributed by atoms with van der Waals surface area (Å²) >= 11 is 0. The van der Waals surface area contributed by atoms with E-state index in [2.05, 4.69) is 23.7 Å². The highest BCUT2D eigenvalue weighted by atomic mass is 19.1. The average Bonchev–Trinajstić information content (AvgIpc) is 2.91. The number of urea groups is 1. The summed E-state index contributed by atoms with van der Waals surface area (Å²) in [6.07, 6.45) is 1.97. The number of hydrogen-bond acceptors (Lipinski definition) is 1. The lowest BCUT2D eigenvalue weighted by Crippen LogP contribution is -2.49. The second kappa shape index (κ2) is 8.39. The minimum Gasteiger partial charge on any atom is -0.345 e. The Balaban J connectivity index is 2.15.